The van der Waals surface area contributed by atoms with E-state index >= 15 is 4.39 Å². The van der Waals surface area contributed by atoms with Crippen molar-refractivity contribution in [1.82, 2.24) is 19.7 Å². The number of alkyl halides is 1. The predicted octanol–water partition coefficient (Wildman–Crippen LogP) is 3.56. The van der Waals surface area contributed by atoms with Crippen LogP contribution >= 0.6 is 11.3 Å². The summed E-state index contributed by atoms with van der Waals surface area (Å²) >= 11 is 1.66. The number of nitrogens with one attached hydrogen (secondary N) is 1. The summed E-state index contributed by atoms with van der Waals surface area (Å²) in [6.07, 6.45) is 1.38. The molecule has 0 bridgehead atoms. The third kappa shape index (κ3) is 4.54. The number of anilines is 1. The molecule has 2 atom stereocenters. The molecular weight excluding hydrogens is 453 g/mol. The molecule has 0 radical (unpaired) electrons. The van der Waals surface area contributed by atoms with Crippen molar-refractivity contribution in [2.75, 3.05) is 25.5 Å². The number of carbonyl (C=O) groups is 1. The van der Waals surface area contributed by atoms with Crippen molar-refractivity contribution < 1.29 is 9.18 Å². The van der Waals surface area contributed by atoms with Crippen LogP contribution in [0.1, 0.15) is 40.7 Å². The smallest absolute Gasteiger partial charge is 0.254 e. The van der Waals surface area contributed by atoms with Gasteiger partial charge < -0.3 is 11.1 Å². The van der Waals surface area contributed by atoms with Crippen LogP contribution in [0.4, 0.5) is 10.2 Å². The molecule has 3 N–H and O–H groups in total. The molecule has 0 aliphatic carbocycles. The zero-order valence-corrected chi connectivity index (χ0v) is 20.1. The monoisotopic (exact) mass is 481 g/mol. The average molecular weight is 482 g/mol. The quantitative estimate of drug-likeness (QED) is 0.509. The SMILES string of the molecule is CCc1nc(-c2ccc(CN3CCC(CC#N)(n4cc(C(N)=O)c(NC)n4)C(F)C3)cc2)cs1. The molecule has 0 spiro atoms. The molecule has 1 aliphatic heterocycles. The number of thiazole rings is 1. The van der Waals surface area contributed by atoms with Crippen LogP contribution in [-0.4, -0.2) is 51.9 Å². The van der Waals surface area contributed by atoms with E-state index in [1.54, 1.807) is 18.4 Å². The summed E-state index contributed by atoms with van der Waals surface area (Å²) in [5, 5.41) is 19.8. The molecule has 1 saturated heterocycles. The Morgan fingerprint density at radius 1 is 1.41 bits per heavy atom. The summed E-state index contributed by atoms with van der Waals surface area (Å²) in [4.78, 5) is 18.4. The molecule has 1 aromatic carbocycles. The molecule has 1 aliphatic rings. The molecule has 178 valence electrons. The van der Waals surface area contributed by atoms with E-state index in [0.29, 0.717) is 19.5 Å². The zero-order chi connectivity index (χ0) is 24.3. The van der Waals surface area contributed by atoms with Gasteiger partial charge in [-0.3, -0.25) is 14.4 Å². The predicted molar refractivity (Wildman–Crippen MR) is 130 cm³/mol. The third-order valence-corrected chi connectivity index (χ3v) is 7.42. The lowest BCUT2D eigenvalue weighted by atomic mass is 9.83. The number of benzene rings is 1. The molecule has 3 aromatic rings. The number of aryl methyl sites for hydroxylation is 1. The first-order valence-corrected chi connectivity index (χ1v) is 12.1. The van der Waals surface area contributed by atoms with Gasteiger partial charge in [-0.05, 0) is 18.4 Å². The number of piperidine rings is 1. The second-order valence-corrected chi connectivity index (χ2v) is 9.46. The van der Waals surface area contributed by atoms with Gasteiger partial charge in [-0.25, -0.2) is 9.37 Å². The molecule has 8 nitrogen and oxygen atoms in total. The molecular formula is C24H28FN7OS. The van der Waals surface area contributed by atoms with E-state index in [9.17, 15) is 10.1 Å². The van der Waals surface area contributed by atoms with Crippen LogP contribution in [0.2, 0.25) is 0 Å². The Labute approximate surface area is 202 Å². The van der Waals surface area contributed by atoms with Crippen LogP contribution in [-0.2, 0) is 18.5 Å². The van der Waals surface area contributed by atoms with E-state index in [4.69, 9.17) is 5.73 Å². The topological polar surface area (TPSA) is 113 Å². The highest BCUT2D eigenvalue weighted by atomic mass is 32.1. The summed E-state index contributed by atoms with van der Waals surface area (Å²) in [6.45, 7) is 3.46. The van der Waals surface area contributed by atoms with Gasteiger partial charge in [-0.15, -0.1) is 11.3 Å². The Balaban J connectivity index is 1.48. The number of carbonyl (C=O) groups excluding carboxylic acids is 1. The fourth-order valence-electron chi connectivity index (χ4n) is 4.43. The maximum absolute atomic E-state index is 15.7. The fraction of sp³-hybridized carbons (Fsp3) is 0.417. The summed E-state index contributed by atoms with van der Waals surface area (Å²) < 4.78 is 17.1. The van der Waals surface area contributed by atoms with Crippen molar-refractivity contribution >= 4 is 23.1 Å². The van der Waals surface area contributed by atoms with E-state index in [1.165, 1.54) is 10.9 Å². The van der Waals surface area contributed by atoms with Crippen LogP contribution in [0, 0.1) is 11.3 Å². The molecule has 0 saturated carbocycles. The molecule has 1 amide bonds. The van der Waals surface area contributed by atoms with E-state index in [-0.39, 0.29) is 24.3 Å². The van der Waals surface area contributed by atoms with Gasteiger partial charge in [0.15, 0.2) is 5.82 Å². The zero-order valence-electron chi connectivity index (χ0n) is 19.3. The summed E-state index contributed by atoms with van der Waals surface area (Å²) in [5.74, 6) is -0.367. The van der Waals surface area contributed by atoms with Gasteiger partial charge in [0.05, 0.1) is 23.2 Å². The van der Waals surface area contributed by atoms with Crippen molar-refractivity contribution in [2.45, 2.75) is 44.4 Å². The summed E-state index contributed by atoms with van der Waals surface area (Å²) in [6, 6.07) is 10.3. The van der Waals surface area contributed by atoms with Crippen LogP contribution in [0.3, 0.4) is 0 Å². The highest BCUT2D eigenvalue weighted by Gasteiger charge is 2.46. The van der Waals surface area contributed by atoms with Crippen molar-refractivity contribution in [2.24, 2.45) is 5.73 Å². The number of hydrogen-bond acceptors (Lipinski definition) is 7. The van der Waals surface area contributed by atoms with Gasteiger partial charge in [0, 0.05) is 43.8 Å². The van der Waals surface area contributed by atoms with Gasteiger partial charge in [0.1, 0.15) is 17.3 Å². The van der Waals surface area contributed by atoms with Gasteiger partial charge in [0.2, 0.25) is 0 Å². The number of primary amides is 1. The Bertz CT molecular complexity index is 1200. The molecule has 4 rings (SSSR count). The lowest BCUT2D eigenvalue weighted by Gasteiger charge is -2.43. The normalized spacial score (nSPS) is 20.7. The minimum atomic E-state index is -1.34. The van der Waals surface area contributed by atoms with Crippen molar-refractivity contribution in [3.8, 4) is 17.3 Å². The number of likely N-dealkylation sites (tertiary alicyclic amines) is 1. The molecule has 10 heteroatoms. The maximum Gasteiger partial charge on any atom is 0.254 e. The first kappa shape index (κ1) is 23.9. The summed E-state index contributed by atoms with van der Waals surface area (Å²) in [7, 11) is 1.62. The van der Waals surface area contributed by atoms with Gasteiger partial charge in [-0.1, -0.05) is 31.2 Å². The lowest BCUT2D eigenvalue weighted by molar-refractivity contribution is 0.00694. The van der Waals surface area contributed by atoms with Gasteiger partial charge >= 0.3 is 0 Å². The van der Waals surface area contributed by atoms with Crippen LogP contribution < -0.4 is 11.1 Å². The second-order valence-electron chi connectivity index (χ2n) is 8.52. The average Bonchev–Trinajstić information content (AvgIpc) is 3.49. The molecule has 34 heavy (non-hydrogen) atoms. The first-order valence-electron chi connectivity index (χ1n) is 11.2. The second kappa shape index (κ2) is 9.91. The van der Waals surface area contributed by atoms with Crippen LogP contribution in [0.25, 0.3) is 11.3 Å². The highest BCUT2D eigenvalue weighted by molar-refractivity contribution is 7.09. The number of nitrogens with two attached hydrogens (primary N) is 1. The number of nitrogens with zero attached hydrogens (tertiary/aromatic N) is 5. The Morgan fingerprint density at radius 2 is 2.18 bits per heavy atom. The molecule has 2 aromatic heterocycles. The Morgan fingerprint density at radius 3 is 2.74 bits per heavy atom. The highest BCUT2D eigenvalue weighted by Crippen LogP contribution is 2.37. The van der Waals surface area contributed by atoms with E-state index < -0.39 is 17.6 Å². The molecule has 3 heterocycles. The van der Waals surface area contributed by atoms with Crippen molar-refractivity contribution in [3.63, 3.8) is 0 Å². The summed E-state index contributed by atoms with van der Waals surface area (Å²) in [5.41, 5.74) is 7.62. The number of amides is 1. The molecule has 2 unspecified atom stereocenters. The first-order chi connectivity index (χ1) is 16.4. The van der Waals surface area contributed by atoms with Crippen molar-refractivity contribution in [1.29, 1.82) is 5.26 Å². The largest absolute Gasteiger partial charge is 0.371 e. The minimum Gasteiger partial charge on any atom is -0.371 e. The van der Waals surface area contributed by atoms with Crippen LogP contribution in [0.15, 0.2) is 35.8 Å². The maximum atomic E-state index is 15.7. The van der Waals surface area contributed by atoms with Crippen molar-refractivity contribution in [3.05, 3.63) is 52.0 Å². The van der Waals surface area contributed by atoms with Crippen LogP contribution in [0.5, 0.6) is 0 Å². The van der Waals surface area contributed by atoms with Gasteiger partial charge in [0.25, 0.3) is 5.91 Å². The minimum absolute atomic E-state index is 0.0485. The Hall–Kier alpha value is -3.29. The Kier molecular flexibility index (Phi) is 6.95. The number of nitriles is 1. The third-order valence-electron chi connectivity index (χ3n) is 6.43. The number of halogens is 1. The fourth-order valence-corrected chi connectivity index (χ4v) is 5.18. The van der Waals surface area contributed by atoms with Gasteiger partial charge in [-0.2, -0.15) is 10.4 Å². The van der Waals surface area contributed by atoms with E-state index in [0.717, 1.165) is 28.2 Å². The number of hydrogen-bond donors (Lipinski definition) is 2. The van der Waals surface area contributed by atoms with E-state index in [2.05, 4.69) is 58.0 Å². The number of rotatable bonds is 8. The lowest BCUT2D eigenvalue weighted by Crippen LogP contribution is -2.54. The number of aromatic nitrogens is 3. The standard InChI is InChI=1S/C24H28FN7OS/c1-3-21-29-19(15-34-21)17-6-4-16(5-7-17)12-31-11-9-24(8-10-26,20(25)14-31)32-13-18(22(27)33)23(28-2)30-32/h4-7,13,15,20H,3,8-9,11-12,14H2,1-2H3,(H2,27,33)(H,28,30). The van der Waals surface area contributed by atoms with E-state index in [1.807, 2.05) is 4.90 Å². The molecule has 1 fully saturated rings.